The number of nitrogens with two attached hydrogens (primary N) is 1. The minimum atomic E-state index is -1.25. The van der Waals surface area contributed by atoms with E-state index in [4.69, 9.17) is 15.2 Å². The molecule has 6 nitrogen and oxygen atoms in total. The molecule has 0 saturated carbocycles. The summed E-state index contributed by atoms with van der Waals surface area (Å²) >= 11 is 1.28. The maximum Gasteiger partial charge on any atom is 0.324 e. The van der Waals surface area contributed by atoms with Gasteiger partial charge in [-0.15, -0.1) is 11.3 Å². The van der Waals surface area contributed by atoms with Crippen LogP contribution in [-0.2, 0) is 24.7 Å². The highest BCUT2D eigenvalue weighted by atomic mass is 32.1. The molecule has 110 valence electrons. The molecule has 1 fully saturated rings. The van der Waals surface area contributed by atoms with Crippen LogP contribution < -0.4 is 5.73 Å². The van der Waals surface area contributed by atoms with Gasteiger partial charge in [0.25, 0.3) is 0 Å². The first-order valence-electron chi connectivity index (χ1n) is 6.50. The van der Waals surface area contributed by atoms with E-state index in [-0.39, 0.29) is 13.0 Å². The lowest BCUT2D eigenvalue weighted by atomic mass is 9.78. The van der Waals surface area contributed by atoms with E-state index in [0.29, 0.717) is 17.2 Å². The number of carbonyl (C=O) groups excluding carboxylic acids is 2. The summed E-state index contributed by atoms with van der Waals surface area (Å²) in [4.78, 5) is 28.6. The summed E-state index contributed by atoms with van der Waals surface area (Å²) in [5, 5.41) is 2.15. The first kappa shape index (κ1) is 14.8. The van der Waals surface area contributed by atoms with Crippen molar-refractivity contribution in [2.24, 2.45) is 5.41 Å². The van der Waals surface area contributed by atoms with Crippen LogP contribution in [0.1, 0.15) is 39.3 Å². The van der Waals surface area contributed by atoms with Crippen LogP contribution in [-0.4, -0.2) is 23.5 Å². The number of thiazole rings is 1. The van der Waals surface area contributed by atoms with E-state index in [1.807, 2.05) is 0 Å². The van der Waals surface area contributed by atoms with E-state index in [9.17, 15) is 9.59 Å². The summed E-state index contributed by atoms with van der Waals surface area (Å²) in [5.74, 6) is -1.08. The summed E-state index contributed by atoms with van der Waals surface area (Å²) in [6, 6.07) is 0. The number of anilines is 1. The molecular weight excluding hydrogens is 280 g/mol. The largest absolute Gasteiger partial charge is 0.465 e. The third-order valence-corrected chi connectivity index (χ3v) is 4.36. The van der Waals surface area contributed by atoms with Crippen molar-refractivity contribution in [3.8, 4) is 0 Å². The minimum absolute atomic E-state index is 0.220. The average molecular weight is 298 g/mol. The molecule has 0 bridgehead atoms. The van der Waals surface area contributed by atoms with Crippen LogP contribution in [0.2, 0.25) is 0 Å². The number of rotatable bonds is 4. The molecule has 1 aromatic heterocycles. The van der Waals surface area contributed by atoms with E-state index < -0.39 is 23.0 Å². The molecule has 2 N–H and O–H groups in total. The second kappa shape index (κ2) is 5.05. The molecule has 1 aromatic rings. The Bertz CT molecular complexity index is 544. The fourth-order valence-corrected chi connectivity index (χ4v) is 3.18. The van der Waals surface area contributed by atoms with Crippen molar-refractivity contribution in [1.82, 2.24) is 4.98 Å². The molecule has 1 aliphatic rings. The summed E-state index contributed by atoms with van der Waals surface area (Å²) in [5.41, 5.74) is 4.02. The van der Waals surface area contributed by atoms with E-state index in [2.05, 4.69) is 4.98 Å². The fourth-order valence-electron chi connectivity index (χ4n) is 2.50. The number of nitrogens with zero attached hydrogens (tertiary/aromatic N) is 1. The molecule has 2 rings (SSSR count). The van der Waals surface area contributed by atoms with Gasteiger partial charge in [-0.1, -0.05) is 6.92 Å². The maximum atomic E-state index is 12.3. The van der Waals surface area contributed by atoms with Crippen LogP contribution >= 0.6 is 11.3 Å². The van der Waals surface area contributed by atoms with Gasteiger partial charge in [-0.05, 0) is 20.3 Å². The number of carbonyl (C=O) groups is 2. The van der Waals surface area contributed by atoms with Gasteiger partial charge < -0.3 is 15.2 Å². The summed E-state index contributed by atoms with van der Waals surface area (Å²) in [7, 11) is 0. The molecule has 0 aromatic carbocycles. The molecule has 0 spiro atoms. The molecule has 0 unspecified atom stereocenters. The van der Waals surface area contributed by atoms with Crippen LogP contribution in [0.3, 0.4) is 0 Å². The third kappa shape index (κ3) is 2.15. The topological polar surface area (TPSA) is 91.5 Å². The molecule has 0 radical (unpaired) electrons. The molecule has 7 heteroatoms. The Morgan fingerprint density at radius 1 is 1.60 bits per heavy atom. The normalized spacial score (nSPS) is 29.2. The molecule has 2 atom stereocenters. The Hall–Kier alpha value is -1.63. The number of ether oxygens (including phenoxy) is 2. The Balaban J connectivity index is 2.35. The van der Waals surface area contributed by atoms with Crippen molar-refractivity contribution in [3.05, 3.63) is 11.1 Å². The van der Waals surface area contributed by atoms with Crippen LogP contribution in [0.4, 0.5) is 5.13 Å². The van der Waals surface area contributed by atoms with Gasteiger partial charge in [0.1, 0.15) is 0 Å². The number of aromatic nitrogens is 1. The smallest absolute Gasteiger partial charge is 0.324 e. The van der Waals surface area contributed by atoms with Gasteiger partial charge in [0.15, 0.2) is 16.1 Å². The first-order valence-corrected chi connectivity index (χ1v) is 7.38. The van der Waals surface area contributed by atoms with E-state index in [1.165, 1.54) is 11.3 Å². The minimum Gasteiger partial charge on any atom is -0.465 e. The fraction of sp³-hybridized carbons (Fsp3) is 0.615. The van der Waals surface area contributed by atoms with Crippen molar-refractivity contribution in [1.29, 1.82) is 0 Å². The number of nitrogen functional groups attached to an aromatic ring is 1. The van der Waals surface area contributed by atoms with Crippen molar-refractivity contribution >= 4 is 28.4 Å². The average Bonchev–Trinajstić information content (AvgIpc) is 2.93. The van der Waals surface area contributed by atoms with Gasteiger partial charge in [0, 0.05) is 11.8 Å². The van der Waals surface area contributed by atoms with Gasteiger partial charge in [-0.2, -0.15) is 0 Å². The van der Waals surface area contributed by atoms with Crippen LogP contribution in [0.15, 0.2) is 5.38 Å². The van der Waals surface area contributed by atoms with Crippen LogP contribution in [0.25, 0.3) is 0 Å². The third-order valence-electron chi connectivity index (χ3n) is 3.68. The van der Waals surface area contributed by atoms with Gasteiger partial charge in [-0.3, -0.25) is 9.59 Å². The Morgan fingerprint density at radius 2 is 2.30 bits per heavy atom. The lowest BCUT2D eigenvalue weighted by Gasteiger charge is -2.23. The summed E-state index contributed by atoms with van der Waals surface area (Å²) in [6.45, 7) is 5.46. The highest BCUT2D eigenvalue weighted by molar-refractivity contribution is 7.13. The zero-order chi connectivity index (χ0) is 15.0. The second-order valence-electron chi connectivity index (χ2n) is 5.02. The van der Waals surface area contributed by atoms with Crippen molar-refractivity contribution in [2.75, 3.05) is 12.3 Å². The standard InChI is InChI=1S/C13H18N2O4S/c1-4-13(9(16)18-5-2)7-12(3,19-10(13)17)8-6-20-11(14)15-8/h6H,4-5,7H2,1-3H3,(H2,14,15)/t12-,13+/m0/s1. The molecule has 1 aliphatic heterocycles. The van der Waals surface area contributed by atoms with Gasteiger partial charge in [-0.25, -0.2) is 4.98 Å². The molecule has 0 aliphatic carbocycles. The van der Waals surface area contributed by atoms with Gasteiger partial charge in [0.2, 0.25) is 0 Å². The van der Waals surface area contributed by atoms with E-state index in [0.717, 1.165) is 0 Å². The lowest BCUT2D eigenvalue weighted by molar-refractivity contribution is -0.166. The zero-order valence-electron chi connectivity index (χ0n) is 11.8. The quantitative estimate of drug-likeness (QED) is 0.673. The predicted octanol–water partition coefficient (Wildman–Crippen LogP) is 1.85. The molecular formula is C13H18N2O4S. The van der Waals surface area contributed by atoms with Crippen LogP contribution in [0, 0.1) is 5.41 Å². The second-order valence-corrected chi connectivity index (χ2v) is 5.91. The van der Waals surface area contributed by atoms with Crippen molar-refractivity contribution < 1.29 is 19.1 Å². The zero-order valence-corrected chi connectivity index (χ0v) is 12.6. The number of cyclic esters (lactones) is 1. The highest BCUT2D eigenvalue weighted by Crippen LogP contribution is 2.49. The molecule has 2 heterocycles. The molecule has 1 saturated heterocycles. The van der Waals surface area contributed by atoms with Gasteiger partial charge >= 0.3 is 11.9 Å². The number of esters is 2. The van der Waals surface area contributed by atoms with E-state index >= 15 is 0 Å². The number of hydrogen-bond acceptors (Lipinski definition) is 7. The molecule has 0 amide bonds. The first-order chi connectivity index (χ1) is 9.38. The predicted molar refractivity (Wildman–Crippen MR) is 73.9 cm³/mol. The maximum absolute atomic E-state index is 12.3. The summed E-state index contributed by atoms with van der Waals surface area (Å²) in [6.07, 6.45) is 0.553. The van der Waals surface area contributed by atoms with Crippen LogP contribution in [0.5, 0.6) is 0 Å². The van der Waals surface area contributed by atoms with Gasteiger partial charge in [0.05, 0.1) is 12.3 Å². The lowest BCUT2D eigenvalue weighted by Crippen LogP contribution is -2.37. The SMILES string of the molecule is CCOC(=O)[C@@]1(CC)C[C@@](C)(c2csc(N)n2)OC1=O. The van der Waals surface area contributed by atoms with E-state index in [1.54, 1.807) is 26.2 Å². The number of hydrogen-bond donors (Lipinski definition) is 1. The monoisotopic (exact) mass is 298 g/mol. The van der Waals surface area contributed by atoms with Crippen molar-refractivity contribution in [3.63, 3.8) is 0 Å². The highest BCUT2D eigenvalue weighted by Gasteiger charge is 2.60. The Morgan fingerprint density at radius 3 is 2.80 bits per heavy atom. The Kier molecular flexibility index (Phi) is 3.73. The van der Waals surface area contributed by atoms with Crippen molar-refractivity contribution in [2.45, 2.75) is 39.2 Å². The Labute approximate surface area is 121 Å². The molecule has 20 heavy (non-hydrogen) atoms. The summed E-state index contributed by atoms with van der Waals surface area (Å²) < 4.78 is 10.5.